The van der Waals surface area contributed by atoms with Gasteiger partial charge in [0.25, 0.3) is 0 Å². The Bertz CT molecular complexity index is 211. The Kier molecular flexibility index (Phi) is 5.47. The SMILES string of the molecule is CCNC1CCN(C(CC)CSC)C1=O. The third kappa shape index (κ3) is 3.11. The topological polar surface area (TPSA) is 32.3 Å². The van der Waals surface area contributed by atoms with E-state index in [1.54, 1.807) is 0 Å². The van der Waals surface area contributed by atoms with Crippen molar-refractivity contribution >= 4 is 17.7 Å². The first-order valence-corrected chi connectivity index (χ1v) is 7.16. The predicted octanol–water partition coefficient (Wildman–Crippen LogP) is 1.34. The highest BCUT2D eigenvalue weighted by Gasteiger charge is 2.34. The zero-order valence-corrected chi connectivity index (χ0v) is 10.8. The fourth-order valence-corrected chi connectivity index (χ4v) is 2.92. The molecule has 0 aromatic rings. The summed E-state index contributed by atoms with van der Waals surface area (Å²) in [4.78, 5) is 14.1. The van der Waals surface area contributed by atoms with E-state index in [9.17, 15) is 4.79 Å². The Labute approximate surface area is 97.0 Å². The van der Waals surface area contributed by atoms with E-state index < -0.39 is 0 Å². The largest absolute Gasteiger partial charge is 0.337 e. The van der Waals surface area contributed by atoms with Crippen LogP contribution in [0.5, 0.6) is 0 Å². The van der Waals surface area contributed by atoms with Gasteiger partial charge in [-0.1, -0.05) is 13.8 Å². The average molecular weight is 230 g/mol. The van der Waals surface area contributed by atoms with Crippen LogP contribution in [0.2, 0.25) is 0 Å². The molecule has 0 aliphatic carbocycles. The highest BCUT2D eigenvalue weighted by Crippen LogP contribution is 2.18. The van der Waals surface area contributed by atoms with Crippen molar-refractivity contribution < 1.29 is 4.79 Å². The van der Waals surface area contributed by atoms with Crippen molar-refractivity contribution in [3.8, 4) is 0 Å². The highest BCUT2D eigenvalue weighted by molar-refractivity contribution is 7.98. The van der Waals surface area contributed by atoms with Crippen LogP contribution in [0.25, 0.3) is 0 Å². The quantitative estimate of drug-likeness (QED) is 0.747. The first-order valence-electron chi connectivity index (χ1n) is 5.77. The van der Waals surface area contributed by atoms with E-state index in [4.69, 9.17) is 0 Å². The number of hydrogen-bond acceptors (Lipinski definition) is 3. The average Bonchev–Trinajstić information content (AvgIpc) is 2.58. The molecule has 2 unspecified atom stereocenters. The molecule has 1 fully saturated rings. The molecule has 1 rings (SSSR count). The standard InChI is InChI=1S/C11H22N2OS/c1-4-9(8-15-3)13-7-6-10(11(13)14)12-5-2/h9-10,12H,4-8H2,1-3H3. The van der Waals surface area contributed by atoms with Crippen LogP contribution in [0.3, 0.4) is 0 Å². The van der Waals surface area contributed by atoms with Gasteiger partial charge in [-0.05, 0) is 25.6 Å². The Hall–Kier alpha value is -0.220. The number of nitrogens with zero attached hydrogens (tertiary/aromatic N) is 1. The van der Waals surface area contributed by atoms with Gasteiger partial charge in [0.15, 0.2) is 0 Å². The van der Waals surface area contributed by atoms with Crippen LogP contribution in [0.4, 0.5) is 0 Å². The Morgan fingerprint density at radius 2 is 2.33 bits per heavy atom. The van der Waals surface area contributed by atoms with Gasteiger partial charge >= 0.3 is 0 Å². The number of thioether (sulfide) groups is 1. The molecule has 1 N–H and O–H groups in total. The lowest BCUT2D eigenvalue weighted by Crippen LogP contribution is -2.43. The maximum Gasteiger partial charge on any atom is 0.240 e. The van der Waals surface area contributed by atoms with Gasteiger partial charge < -0.3 is 10.2 Å². The normalized spacial score (nSPS) is 23.5. The minimum Gasteiger partial charge on any atom is -0.337 e. The summed E-state index contributed by atoms with van der Waals surface area (Å²) in [6, 6.07) is 0.502. The molecule has 1 heterocycles. The van der Waals surface area contributed by atoms with Crippen LogP contribution < -0.4 is 5.32 Å². The van der Waals surface area contributed by atoms with Gasteiger partial charge in [0.05, 0.1) is 6.04 Å². The van der Waals surface area contributed by atoms with Crippen molar-refractivity contribution in [1.29, 1.82) is 0 Å². The van der Waals surface area contributed by atoms with Gasteiger partial charge in [-0.25, -0.2) is 0 Å². The van der Waals surface area contributed by atoms with E-state index in [1.807, 2.05) is 11.8 Å². The van der Waals surface area contributed by atoms with Gasteiger partial charge in [0, 0.05) is 18.3 Å². The molecule has 4 heteroatoms. The van der Waals surface area contributed by atoms with Crippen LogP contribution in [-0.2, 0) is 4.79 Å². The van der Waals surface area contributed by atoms with Gasteiger partial charge in [-0.3, -0.25) is 4.79 Å². The summed E-state index contributed by atoms with van der Waals surface area (Å²) in [5, 5.41) is 3.25. The number of carbonyl (C=O) groups is 1. The molecule has 0 aromatic carbocycles. The third-order valence-corrected chi connectivity index (χ3v) is 3.68. The van der Waals surface area contributed by atoms with Gasteiger partial charge in [0.1, 0.15) is 0 Å². The second-order valence-electron chi connectivity index (χ2n) is 3.95. The van der Waals surface area contributed by atoms with Gasteiger partial charge in [-0.15, -0.1) is 0 Å². The van der Waals surface area contributed by atoms with E-state index in [1.165, 1.54) is 0 Å². The molecule has 1 aliphatic heterocycles. The van der Waals surface area contributed by atoms with E-state index in [0.717, 1.165) is 31.7 Å². The molecule has 3 nitrogen and oxygen atoms in total. The molecular formula is C11H22N2OS. The van der Waals surface area contributed by atoms with Crippen molar-refractivity contribution in [3.63, 3.8) is 0 Å². The first kappa shape index (κ1) is 12.8. The summed E-state index contributed by atoms with van der Waals surface area (Å²) in [6.45, 7) is 6.02. The molecule has 1 amide bonds. The van der Waals surface area contributed by atoms with E-state index in [-0.39, 0.29) is 6.04 Å². The Balaban J connectivity index is 2.53. The van der Waals surface area contributed by atoms with Gasteiger partial charge in [-0.2, -0.15) is 11.8 Å². The monoisotopic (exact) mass is 230 g/mol. The van der Waals surface area contributed by atoms with E-state index in [0.29, 0.717) is 11.9 Å². The molecule has 0 bridgehead atoms. The molecule has 1 saturated heterocycles. The van der Waals surface area contributed by atoms with Crippen LogP contribution >= 0.6 is 11.8 Å². The lowest BCUT2D eigenvalue weighted by Gasteiger charge is -2.26. The summed E-state index contributed by atoms with van der Waals surface area (Å²) >= 11 is 1.82. The Morgan fingerprint density at radius 1 is 1.60 bits per heavy atom. The van der Waals surface area contributed by atoms with E-state index in [2.05, 4.69) is 30.3 Å². The van der Waals surface area contributed by atoms with Crippen LogP contribution in [-0.4, -0.2) is 48.0 Å². The number of likely N-dealkylation sites (N-methyl/N-ethyl adjacent to an activating group) is 1. The minimum absolute atomic E-state index is 0.0749. The molecule has 0 saturated carbocycles. The minimum atomic E-state index is 0.0749. The molecular weight excluding hydrogens is 208 g/mol. The molecule has 1 aliphatic rings. The van der Waals surface area contributed by atoms with Crippen molar-refractivity contribution in [1.82, 2.24) is 10.2 Å². The second-order valence-corrected chi connectivity index (χ2v) is 4.86. The Morgan fingerprint density at radius 3 is 2.87 bits per heavy atom. The van der Waals surface area contributed by atoms with Gasteiger partial charge in [0.2, 0.25) is 5.91 Å². The number of rotatable bonds is 6. The maximum absolute atomic E-state index is 12.0. The zero-order valence-electron chi connectivity index (χ0n) is 9.95. The lowest BCUT2D eigenvalue weighted by molar-refractivity contribution is -0.131. The summed E-state index contributed by atoms with van der Waals surface area (Å²) in [6.07, 6.45) is 4.13. The number of likely N-dealkylation sites (tertiary alicyclic amines) is 1. The number of hydrogen-bond donors (Lipinski definition) is 1. The molecule has 0 aromatic heterocycles. The fraction of sp³-hybridized carbons (Fsp3) is 0.909. The summed E-state index contributed by atoms with van der Waals surface area (Å²) in [7, 11) is 0. The second kappa shape index (κ2) is 6.38. The van der Waals surface area contributed by atoms with Crippen molar-refractivity contribution in [2.24, 2.45) is 0 Å². The lowest BCUT2D eigenvalue weighted by atomic mass is 10.2. The van der Waals surface area contributed by atoms with Crippen LogP contribution in [0.15, 0.2) is 0 Å². The molecule has 15 heavy (non-hydrogen) atoms. The summed E-state index contributed by atoms with van der Waals surface area (Å²) in [5.74, 6) is 1.36. The van der Waals surface area contributed by atoms with Crippen molar-refractivity contribution in [2.45, 2.75) is 38.8 Å². The summed E-state index contributed by atoms with van der Waals surface area (Å²) in [5.41, 5.74) is 0. The van der Waals surface area contributed by atoms with Crippen molar-refractivity contribution in [3.05, 3.63) is 0 Å². The zero-order chi connectivity index (χ0) is 11.3. The smallest absolute Gasteiger partial charge is 0.240 e. The summed E-state index contributed by atoms with van der Waals surface area (Å²) < 4.78 is 0. The molecule has 2 atom stereocenters. The molecule has 88 valence electrons. The van der Waals surface area contributed by atoms with Crippen molar-refractivity contribution in [2.75, 3.05) is 25.1 Å². The first-order chi connectivity index (χ1) is 7.24. The highest BCUT2D eigenvalue weighted by atomic mass is 32.2. The van der Waals surface area contributed by atoms with Crippen LogP contribution in [0, 0.1) is 0 Å². The third-order valence-electron chi connectivity index (χ3n) is 2.96. The number of nitrogens with one attached hydrogen (secondary N) is 1. The van der Waals surface area contributed by atoms with E-state index >= 15 is 0 Å². The molecule has 0 radical (unpaired) electrons. The number of amides is 1. The maximum atomic E-state index is 12.0. The number of carbonyl (C=O) groups excluding carboxylic acids is 1. The molecule has 0 spiro atoms. The van der Waals surface area contributed by atoms with Crippen LogP contribution in [0.1, 0.15) is 26.7 Å². The fourth-order valence-electron chi connectivity index (χ4n) is 2.12. The predicted molar refractivity (Wildman–Crippen MR) is 66.3 cm³/mol.